The molecule has 0 radical (unpaired) electrons. The molecule has 0 amide bonds. The van der Waals surface area contributed by atoms with Crippen LogP contribution in [-0.2, 0) is 19.4 Å². The van der Waals surface area contributed by atoms with Crippen molar-refractivity contribution in [2.24, 2.45) is 0 Å². The van der Waals surface area contributed by atoms with Gasteiger partial charge in [-0.3, -0.25) is 0 Å². The lowest BCUT2D eigenvalue weighted by Gasteiger charge is -2.32. The maximum Gasteiger partial charge on any atom is 0.137 e. The molecule has 2 N–H and O–H groups in total. The van der Waals surface area contributed by atoms with E-state index in [-0.39, 0.29) is 5.82 Å². The second-order valence-electron chi connectivity index (χ2n) is 9.34. The van der Waals surface area contributed by atoms with Crippen LogP contribution in [0.4, 0.5) is 4.39 Å². The van der Waals surface area contributed by atoms with E-state index < -0.39 is 0 Å². The van der Waals surface area contributed by atoms with Crippen molar-refractivity contribution in [3.63, 3.8) is 0 Å². The molecule has 34 heavy (non-hydrogen) atoms. The van der Waals surface area contributed by atoms with Crippen LogP contribution in [0.25, 0.3) is 10.9 Å². The first-order chi connectivity index (χ1) is 16.7. The summed E-state index contributed by atoms with van der Waals surface area (Å²) in [6.45, 7) is 5.16. The molecule has 1 aliphatic heterocycles. The predicted molar refractivity (Wildman–Crippen MR) is 133 cm³/mol. The van der Waals surface area contributed by atoms with Crippen LogP contribution < -0.4 is 5.32 Å². The van der Waals surface area contributed by atoms with E-state index in [4.69, 9.17) is 0 Å². The Kier molecular flexibility index (Phi) is 7.31. The van der Waals surface area contributed by atoms with E-state index in [1.807, 2.05) is 16.8 Å². The zero-order valence-electron chi connectivity index (χ0n) is 19.6. The van der Waals surface area contributed by atoms with Gasteiger partial charge in [-0.2, -0.15) is 5.10 Å². The van der Waals surface area contributed by atoms with E-state index in [1.54, 1.807) is 24.8 Å². The largest absolute Gasteiger partial charge is 0.361 e. The first-order valence-corrected chi connectivity index (χ1v) is 12.3. The number of hydrogen-bond acceptors (Lipinski definition) is 4. The van der Waals surface area contributed by atoms with Gasteiger partial charge in [-0.1, -0.05) is 18.2 Å². The van der Waals surface area contributed by atoms with Gasteiger partial charge in [0.2, 0.25) is 0 Å². The van der Waals surface area contributed by atoms with Gasteiger partial charge in [0.25, 0.3) is 0 Å². The molecule has 1 aliphatic rings. The van der Waals surface area contributed by atoms with Crippen LogP contribution in [-0.4, -0.2) is 56.9 Å². The molecule has 1 fully saturated rings. The first kappa shape index (κ1) is 22.7. The SMILES string of the molecule is Fc1ccc(CCNC2CCN(CCCc3c[nH]c4ccc(Cn5cncn5)cc34)CC2)cc1. The number of rotatable bonds is 10. The number of nitrogens with zero attached hydrogens (tertiary/aromatic N) is 4. The van der Waals surface area contributed by atoms with Gasteiger partial charge in [-0.25, -0.2) is 14.1 Å². The van der Waals surface area contributed by atoms with Crippen molar-refractivity contribution in [1.82, 2.24) is 30.0 Å². The summed E-state index contributed by atoms with van der Waals surface area (Å²) in [7, 11) is 0. The van der Waals surface area contributed by atoms with Crippen molar-refractivity contribution in [2.45, 2.75) is 44.7 Å². The molecule has 0 atom stereocenters. The summed E-state index contributed by atoms with van der Waals surface area (Å²) in [5.74, 6) is -0.165. The third-order valence-corrected chi connectivity index (χ3v) is 6.91. The fraction of sp³-hybridized carbons (Fsp3) is 0.407. The first-order valence-electron chi connectivity index (χ1n) is 12.3. The third kappa shape index (κ3) is 5.90. The number of aromatic nitrogens is 4. The zero-order chi connectivity index (χ0) is 23.2. The number of likely N-dealkylation sites (tertiary alicyclic amines) is 1. The predicted octanol–water partition coefficient (Wildman–Crippen LogP) is 4.18. The van der Waals surface area contributed by atoms with Crippen molar-refractivity contribution >= 4 is 10.9 Å². The Labute approximate surface area is 200 Å². The van der Waals surface area contributed by atoms with E-state index in [9.17, 15) is 4.39 Å². The van der Waals surface area contributed by atoms with Crippen LogP contribution in [0.2, 0.25) is 0 Å². The quantitative estimate of drug-likeness (QED) is 0.373. The highest BCUT2D eigenvalue weighted by Gasteiger charge is 2.18. The lowest BCUT2D eigenvalue weighted by atomic mass is 10.0. The molecule has 0 aliphatic carbocycles. The Hall–Kier alpha value is -3.03. The smallest absolute Gasteiger partial charge is 0.137 e. The Morgan fingerprint density at radius 1 is 1.03 bits per heavy atom. The average Bonchev–Trinajstić information content (AvgIpc) is 3.51. The second-order valence-corrected chi connectivity index (χ2v) is 9.34. The fourth-order valence-electron chi connectivity index (χ4n) is 4.96. The van der Waals surface area contributed by atoms with Gasteiger partial charge in [0.05, 0.1) is 6.54 Å². The highest BCUT2D eigenvalue weighted by atomic mass is 19.1. The fourth-order valence-corrected chi connectivity index (χ4v) is 4.96. The normalized spacial score (nSPS) is 15.3. The third-order valence-electron chi connectivity index (χ3n) is 6.91. The van der Waals surface area contributed by atoms with E-state index in [1.165, 1.54) is 46.9 Å². The van der Waals surface area contributed by atoms with Gasteiger partial charge in [-0.05, 0) is 99.2 Å². The molecule has 0 unspecified atom stereocenters. The molecule has 3 heterocycles. The molecule has 178 valence electrons. The maximum absolute atomic E-state index is 13.0. The Bertz CT molecular complexity index is 1160. The summed E-state index contributed by atoms with van der Waals surface area (Å²) in [5.41, 5.74) is 5.03. The van der Waals surface area contributed by atoms with Crippen molar-refractivity contribution in [3.05, 3.63) is 83.8 Å². The lowest BCUT2D eigenvalue weighted by Crippen LogP contribution is -2.43. The Morgan fingerprint density at radius 2 is 1.85 bits per heavy atom. The molecule has 0 bridgehead atoms. The number of fused-ring (bicyclic) bond motifs is 1. The van der Waals surface area contributed by atoms with Gasteiger partial charge in [0.1, 0.15) is 18.5 Å². The van der Waals surface area contributed by atoms with Gasteiger partial charge in [0, 0.05) is 23.1 Å². The highest BCUT2D eigenvalue weighted by Crippen LogP contribution is 2.22. The molecule has 0 spiro atoms. The van der Waals surface area contributed by atoms with Crippen molar-refractivity contribution in [1.29, 1.82) is 0 Å². The summed E-state index contributed by atoms with van der Waals surface area (Å²) in [6.07, 6.45) is 11.1. The van der Waals surface area contributed by atoms with E-state index in [0.717, 1.165) is 45.6 Å². The van der Waals surface area contributed by atoms with Gasteiger partial charge >= 0.3 is 0 Å². The Morgan fingerprint density at radius 3 is 2.65 bits per heavy atom. The lowest BCUT2D eigenvalue weighted by molar-refractivity contribution is 0.196. The minimum absolute atomic E-state index is 0.165. The minimum atomic E-state index is -0.165. The van der Waals surface area contributed by atoms with Crippen LogP contribution in [0.5, 0.6) is 0 Å². The number of piperidine rings is 1. The number of H-pyrrole nitrogens is 1. The van der Waals surface area contributed by atoms with Crippen molar-refractivity contribution < 1.29 is 4.39 Å². The Balaban J connectivity index is 1.04. The van der Waals surface area contributed by atoms with Crippen LogP contribution in [0.1, 0.15) is 36.0 Å². The van der Waals surface area contributed by atoms with Crippen molar-refractivity contribution in [2.75, 3.05) is 26.2 Å². The number of hydrogen-bond donors (Lipinski definition) is 2. The number of aryl methyl sites for hydroxylation is 1. The number of benzene rings is 2. The molecule has 4 aromatic rings. The molecule has 7 heteroatoms. The number of aromatic amines is 1. The van der Waals surface area contributed by atoms with Crippen LogP contribution >= 0.6 is 0 Å². The summed E-state index contributed by atoms with van der Waals surface area (Å²) in [4.78, 5) is 10.1. The van der Waals surface area contributed by atoms with E-state index >= 15 is 0 Å². The number of nitrogens with one attached hydrogen (secondary N) is 2. The van der Waals surface area contributed by atoms with Gasteiger partial charge in [-0.15, -0.1) is 0 Å². The van der Waals surface area contributed by atoms with E-state index in [0.29, 0.717) is 6.04 Å². The van der Waals surface area contributed by atoms with Crippen LogP contribution in [0, 0.1) is 5.82 Å². The van der Waals surface area contributed by atoms with Gasteiger partial charge < -0.3 is 15.2 Å². The van der Waals surface area contributed by atoms with Crippen LogP contribution in [0.3, 0.4) is 0 Å². The van der Waals surface area contributed by atoms with Gasteiger partial charge in [0.15, 0.2) is 0 Å². The molecular formula is C27H33FN6. The molecule has 0 saturated carbocycles. The zero-order valence-corrected chi connectivity index (χ0v) is 19.6. The molecule has 2 aromatic carbocycles. The molecular weight excluding hydrogens is 427 g/mol. The van der Waals surface area contributed by atoms with Crippen LogP contribution in [0.15, 0.2) is 61.3 Å². The maximum atomic E-state index is 13.0. The second kappa shape index (κ2) is 10.9. The number of halogens is 1. The summed E-state index contributed by atoms with van der Waals surface area (Å²) >= 11 is 0. The molecule has 5 rings (SSSR count). The standard InChI is InChI=1S/C27H33FN6/c28-24-6-3-21(4-7-24)9-12-30-25-10-14-33(15-11-25)13-1-2-23-17-31-27-8-5-22(16-26(23)27)18-34-20-29-19-32-34/h3-8,16-17,19-20,25,30-31H,1-2,9-15,18H2. The molecule has 6 nitrogen and oxygen atoms in total. The highest BCUT2D eigenvalue weighted by molar-refractivity contribution is 5.83. The molecule has 2 aromatic heterocycles. The minimum Gasteiger partial charge on any atom is -0.361 e. The van der Waals surface area contributed by atoms with E-state index in [2.05, 4.69) is 49.7 Å². The van der Waals surface area contributed by atoms with Crippen molar-refractivity contribution in [3.8, 4) is 0 Å². The monoisotopic (exact) mass is 460 g/mol. The molecule has 1 saturated heterocycles. The summed E-state index contributed by atoms with van der Waals surface area (Å²) in [6, 6.07) is 14.0. The average molecular weight is 461 g/mol. The topological polar surface area (TPSA) is 61.8 Å². The summed E-state index contributed by atoms with van der Waals surface area (Å²) in [5, 5.41) is 9.23. The summed E-state index contributed by atoms with van der Waals surface area (Å²) < 4.78 is 14.9.